The van der Waals surface area contributed by atoms with Crippen molar-refractivity contribution >= 4 is 27.8 Å². The number of halogens is 1. The average Bonchev–Trinajstić information content (AvgIpc) is 2.95. The summed E-state index contributed by atoms with van der Waals surface area (Å²) in [5.74, 6) is -1.94. The third-order valence-corrected chi connectivity index (χ3v) is 3.65. The van der Waals surface area contributed by atoms with Crippen molar-refractivity contribution in [3.05, 3.63) is 22.6 Å². The molecule has 2 heterocycles. The number of aliphatic carboxylic acids is 1. The SMILES string of the molecule is CN(C(=O)c1ccoc1Br)C1COCC1C(=O)O. The van der Waals surface area contributed by atoms with E-state index in [4.69, 9.17) is 14.3 Å². The number of amides is 1. The van der Waals surface area contributed by atoms with Crippen LogP contribution in [0.2, 0.25) is 0 Å². The Morgan fingerprint density at radius 1 is 1.50 bits per heavy atom. The Morgan fingerprint density at radius 2 is 2.22 bits per heavy atom. The van der Waals surface area contributed by atoms with Gasteiger partial charge in [0.25, 0.3) is 5.91 Å². The minimum Gasteiger partial charge on any atom is -0.481 e. The number of carboxylic acids is 1. The lowest BCUT2D eigenvalue weighted by atomic mass is 10.0. The molecule has 1 N–H and O–H groups in total. The fraction of sp³-hybridized carbons (Fsp3) is 0.455. The van der Waals surface area contributed by atoms with Crippen LogP contribution in [0.4, 0.5) is 0 Å². The molecule has 0 aliphatic carbocycles. The van der Waals surface area contributed by atoms with Crippen molar-refractivity contribution in [3.63, 3.8) is 0 Å². The molecule has 0 radical (unpaired) electrons. The van der Waals surface area contributed by atoms with Crippen LogP contribution >= 0.6 is 15.9 Å². The van der Waals surface area contributed by atoms with E-state index < -0.39 is 17.9 Å². The summed E-state index contributed by atoms with van der Waals surface area (Å²) in [5, 5.41) is 9.05. The van der Waals surface area contributed by atoms with Gasteiger partial charge >= 0.3 is 5.97 Å². The number of likely N-dealkylation sites (N-methyl/N-ethyl adjacent to an activating group) is 1. The standard InChI is InChI=1S/C11H12BrNO5/c1-13(8-5-17-4-7(8)11(15)16)10(14)6-2-3-18-9(6)12/h2-3,7-8H,4-5H2,1H3,(H,15,16). The van der Waals surface area contributed by atoms with Crippen LogP contribution < -0.4 is 0 Å². The van der Waals surface area contributed by atoms with Gasteiger partial charge in [-0.15, -0.1) is 0 Å². The molecule has 0 spiro atoms. The van der Waals surface area contributed by atoms with E-state index >= 15 is 0 Å². The normalized spacial score (nSPS) is 23.0. The largest absolute Gasteiger partial charge is 0.481 e. The van der Waals surface area contributed by atoms with E-state index in [-0.39, 0.29) is 19.1 Å². The van der Waals surface area contributed by atoms with Crippen molar-refractivity contribution in [2.24, 2.45) is 5.92 Å². The van der Waals surface area contributed by atoms with Gasteiger partial charge in [-0.3, -0.25) is 9.59 Å². The van der Waals surface area contributed by atoms with Crippen LogP contribution in [0.5, 0.6) is 0 Å². The summed E-state index contributed by atoms with van der Waals surface area (Å²) in [7, 11) is 1.57. The van der Waals surface area contributed by atoms with Gasteiger partial charge in [0.15, 0.2) is 4.67 Å². The lowest BCUT2D eigenvalue weighted by Crippen LogP contribution is -2.44. The molecule has 1 amide bonds. The molecule has 2 rings (SSSR count). The number of hydrogen-bond acceptors (Lipinski definition) is 4. The molecule has 1 saturated heterocycles. The highest BCUT2D eigenvalue weighted by molar-refractivity contribution is 9.10. The quantitative estimate of drug-likeness (QED) is 0.906. The van der Waals surface area contributed by atoms with E-state index in [9.17, 15) is 9.59 Å². The lowest BCUT2D eigenvalue weighted by molar-refractivity contribution is -0.142. The molecule has 0 saturated carbocycles. The third kappa shape index (κ3) is 2.28. The summed E-state index contributed by atoms with van der Waals surface area (Å²) in [6.07, 6.45) is 1.39. The number of furan rings is 1. The van der Waals surface area contributed by atoms with Crippen LogP contribution in [0.25, 0.3) is 0 Å². The minimum absolute atomic E-state index is 0.129. The zero-order valence-corrected chi connectivity index (χ0v) is 11.2. The van der Waals surface area contributed by atoms with Gasteiger partial charge in [0.05, 0.1) is 31.1 Å². The zero-order chi connectivity index (χ0) is 13.3. The highest BCUT2D eigenvalue weighted by Crippen LogP contribution is 2.24. The predicted molar refractivity (Wildman–Crippen MR) is 64.2 cm³/mol. The number of carbonyl (C=O) groups is 2. The maximum Gasteiger partial charge on any atom is 0.311 e. The Morgan fingerprint density at radius 3 is 2.78 bits per heavy atom. The first-order chi connectivity index (χ1) is 8.52. The molecule has 98 valence electrons. The Labute approximate surface area is 112 Å². The van der Waals surface area contributed by atoms with Gasteiger partial charge in [-0.1, -0.05) is 0 Å². The summed E-state index contributed by atoms with van der Waals surface area (Å²) in [4.78, 5) is 24.6. The summed E-state index contributed by atoms with van der Waals surface area (Å²) in [6, 6.07) is 1.07. The predicted octanol–water partition coefficient (Wildman–Crippen LogP) is 1.21. The van der Waals surface area contributed by atoms with Crippen molar-refractivity contribution in [1.29, 1.82) is 0 Å². The second-order valence-electron chi connectivity index (χ2n) is 4.07. The van der Waals surface area contributed by atoms with Crippen LogP contribution in [-0.2, 0) is 9.53 Å². The van der Waals surface area contributed by atoms with E-state index in [0.29, 0.717) is 10.2 Å². The third-order valence-electron chi connectivity index (χ3n) is 3.03. The first-order valence-corrected chi connectivity index (χ1v) is 6.12. The van der Waals surface area contributed by atoms with Gasteiger partial charge < -0.3 is 19.2 Å². The number of carbonyl (C=O) groups excluding carboxylic acids is 1. The van der Waals surface area contributed by atoms with Gasteiger partial charge in [0, 0.05) is 7.05 Å². The number of rotatable bonds is 3. The molecule has 1 aromatic heterocycles. The molecule has 0 bridgehead atoms. The van der Waals surface area contributed by atoms with Crippen molar-refractivity contribution in [2.45, 2.75) is 6.04 Å². The van der Waals surface area contributed by atoms with Crippen molar-refractivity contribution in [3.8, 4) is 0 Å². The smallest absolute Gasteiger partial charge is 0.311 e. The summed E-state index contributed by atoms with van der Waals surface area (Å²) >= 11 is 3.13. The Bertz CT molecular complexity index is 472. The molecule has 0 aromatic carbocycles. The monoisotopic (exact) mass is 317 g/mol. The van der Waals surface area contributed by atoms with Crippen molar-refractivity contribution < 1.29 is 23.8 Å². The maximum absolute atomic E-state index is 12.2. The van der Waals surface area contributed by atoms with Crippen LogP contribution in [0, 0.1) is 5.92 Å². The first kappa shape index (κ1) is 13.1. The Hall–Kier alpha value is -1.34. The lowest BCUT2D eigenvalue weighted by Gasteiger charge is -2.25. The highest BCUT2D eigenvalue weighted by atomic mass is 79.9. The van der Waals surface area contributed by atoms with Gasteiger partial charge in [0.1, 0.15) is 5.92 Å². The van der Waals surface area contributed by atoms with Crippen LogP contribution in [-0.4, -0.2) is 48.2 Å². The van der Waals surface area contributed by atoms with E-state index in [0.717, 1.165) is 0 Å². The van der Waals surface area contributed by atoms with Crippen molar-refractivity contribution in [1.82, 2.24) is 4.90 Å². The molecule has 1 aliphatic heterocycles. The van der Waals surface area contributed by atoms with E-state index in [1.54, 1.807) is 7.05 Å². The summed E-state index contributed by atoms with van der Waals surface area (Å²) < 4.78 is 10.5. The van der Waals surface area contributed by atoms with Crippen molar-refractivity contribution in [2.75, 3.05) is 20.3 Å². The second kappa shape index (κ2) is 5.11. The minimum atomic E-state index is -0.955. The molecule has 2 unspecified atom stereocenters. The van der Waals surface area contributed by atoms with Gasteiger partial charge in [-0.25, -0.2) is 0 Å². The van der Waals surface area contributed by atoms with E-state index in [1.165, 1.54) is 17.2 Å². The fourth-order valence-corrected chi connectivity index (χ4v) is 2.36. The Kier molecular flexibility index (Phi) is 3.72. The molecule has 1 aromatic rings. The van der Waals surface area contributed by atoms with Crippen LogP contribution in [0.3, 0.4) is 0 Å². The number of ether oxygens (including phenoxy) is 1. The van der Waals surface area contributed by atoms with Crippen LogP contribution in [0.15, 0.2) is 21.4 Å². The molecule has 7 heteroatoms. The highest BCUT2D eigenvalue weighted by Gasteiger charge is 2.39. The topological polar surface area (TPSA) is 80.0 Å². The molecule has 6 nitrogen and oxygen atoms in total. The molecule has 18 heavy (non-hydrogen) atoms. The van der Waals surface area contributed by atoms with E-state index in [1.807, 2.05) is 0 Å². The number of nitrogens with zero attached hydrogens (tertiary/aromatic N) is 1. The van der Waals surface area contributed by atoms with Gasteiger partial charge in [0.2, 0.25) is 0 Å². The average molecular weight is 318 g/mol. The number of carboxylic acid groups (broad SMARTS) is 1. The summed E-state index contributed by atoms with van der Waals surface area (Å²) in [6.45, 7) is 0.360. The first-order valence-electron chi connectivity index (χ1n) is 5.33. The molecule has 1 fully saturated rings. The molecule has 1 aliphatic rings. The molecular weight excluding hydrogens is 306 g/mol. The zero-order valence-electron chi connectivity index (χ0n) is 9.63. The Balaban J connectivity index is 2.16. The van der Waals surface area contributed by atoms with Crippen LogP contribution in [0.1, 0.15) is 10.4 Å². The molecular formula is C11H12BrNO5. The number of hydrogen-bond donors (Lipinski definition) is 1. The van der Waals surface area contributed by atoms with E-state index in [2.05, 4.69) is 15.9 Å². The second-order valence-corrected chi connectivity index (χ2v) is 4.79. The maximum atomic E-state index is 12.2. The summed E-state index contributed by atoms with van der Waals surface area (Å²) in [5.41, 5.74) is 0.369. The van der Waals surface area contributed by atoms with Gasteiger partial charge in [-0.05, 0) is 22.0 Å². The van der Waals surface area contributed by atoms with Gasteiger partial charge in [-0.2, -0.15) is 0 Å². The molecule has 2 atom stereocenters. The fourth-order valence-electron chi connectivity index (χ4n) is 1.95.